The van der Waals surface area contributed by atoms with Gasteiger partial charge in [-0.1, -0.05) is 30.3 Å². The number of hydrazone groups is 1. The number of benzene rings is 1. The molecule has 1 aromatic carbocycles. The quantitative estimate of drug-likeness (QED) is 0.570. The third kappa shape index (κ3) is 5.08. The molecule has 8 heteroatoms. The molecular weight excluding hydrogens is 420 g/mol. The van der Waals surface area contributed by atoms with Gasteiger partial charge in [-0.3, -0.25) is 9.69 Å². The maximum Gasteiger partial charge on any atom is 0.257 e. The van der Waals surface area contributed by atoms with Crippen molar-refractivity contribution in [3.8, 4) is 0 Å². The van der Waals surface area contributed by atoms with E-state index in [0.29, 0.717) is 17.9 Å². The van der Waals surface area contributed by atoms with E-state index in [0.717, 1.165) is 44.1 Å². The molecule has 0 spiro atoms. The summed E-state index contributed by atoms with van der Waals surface area (Å²) >= 11 is 0. The number of carbonyl (C=O) groups excluding carboxylic acids is 1. The molecule has 8 nitrogen and oxygen atoms in total. The average Bonchev–Trinajstić information content (AvgIpc) is 3.63. The Balaban J connectivity index is 1.31. The second kappa shape index (κ2) is 10.2. The standard InChI is InChI=1S/C25H28N4O4/c30-25(17-26-21(19-6-2-1-3-7-19)18-28-10-14-31-15-11-28)29-22(24-9-5-13-33-24)16-20(27-29)23-8-4-12-32-23/h1-9,12-13,21-22,26H,10-11,14-18H2. The van der Waals surface area contributed by atoms with Crippen LogP contribution in [0.3, 0.4) is 0 Å². The van der Waals surface area contributed by atoms with Crippen molar-refractivity contribution in [2.75, 3.05) is 39.4 Å². The van der Waals surface area contributed by atoms with Crippen LogP contribution < -0.4 is 5.32 Å². The molecule has 2 atom stereocenters. The minimum atomic E-state index is -0.288. The minimum Gasteiger partial charge on any atom is -0.467 e. The Bertz CT molecular complexity index is 1040. The van der Waals surface area contributed by atoms with Gasteiger partial charge < -0.3 is 18.9 Å². The SMILES string of the molecule is O=C(CNC(CN1CCOCC1)c1ccccc1)N1N=C(c2ccco2)CC1c1ccco1. The number of carbonyl (C=O) groups is 1. The second-order valence-corrected chi connectivity index (χ2v) is 8.25. The van der Waals surface area contributed by atoms with Crippen molar-refractivity contribution in [1.82, 2.24) is 15.2 Å². The molecule has 5 rings (SSSR count). The van der Waals surface area contributed by atoms with Crippen molar-refractivity contribution in [3.63, 3.8) is 0 Å². The highest BCUT2D eigenvalue weighted by Crippen LogP contribution is 2.33. The van der Waals surface area contributed by atoms with Gasteiger partial charge >= 0.3 is 0 Å². The summed E-state index contributed by atoms with van der Waals surface area (Å²) < 4.78 is 16.6. The van der Waals surface area contributed by atoms with Crippen LogP contribution >= 0.6 is 0 Å². The molecule has 1 amide bonds. The number of amides is 1. The molecule has 2 aliphatic heterocycles. The van der Waals surface area contributed by atoms with Crippen molar-refractivity contribution in [1.29, 1.82) is 0 Å². The number of morpholine rings is 1. The van der Waals surface area contributed by atoms with E-state index in [1.54, 1.807) is 12.5 Å². The number of rotatable bonds is 8. The van der Waals surface area contributed by atoms with Gasteiger partial charge in [0.2, 0.25) is 0 Å². The molecule has 1 saturated heterocycles. The average molecular weight is 449 g/mol. The van der Waals surface area contributed by atoms with Crippen LogP contribution in [0.5, 0.6) is 0 Å². The van der Waals surface area contributed by atoms with Gasteiger partial charge in [0.1, 0.15) is 23.3 Å². The van der Waals surface area contributed by atoms with Gasteiger partial charge in [-0.05, 0) is 29.8 Å². The van der Waals surface area contributed by atoms with Crippen LogP contribution in [-0.4, -0.2) is 60.9 Å². The van der Waals surface area contributed by atoms with Crippen molar-refractivity contribution in [3.05, 3.63) is 84.2 Å². The number of hydrogen-bond donors (Lipinski definition) is 1. The zero-order valence-corrected chi connectivity index (χ0v) is 18.4. The zero-order valence-electron chi connectivity index (χ0n) is 18.4. The van der Waals surface area contributed by atoms with Crippen molar-refractivity contribution in [2.45, 2.75) is 18.5 Å². The topological polar surface area (TPSA) is 83.5 Å². The lowest BCUT2D eigenvalue weighted by molar-refractivity contribution is -0.132. The molecule has 1 N–H and O–H groups in total. The van der Waals surface area contributed by atoms with E-state index >= 15 is 0 Å². The molecule has 0 aliphatic carbocycles. The lowest BCUT2D eigenvalue weighted by Crippen LogP contribution is -2.44. The van der Waals surface area contributed by atoms with Crippen LogP contribution in [0.1, 0.15) is 35.6 Å². The summed E-state index contributed by atoms with van der Waals surface area (Å²) in [6, 6.07) is 17.4. The van der Waals surface area contributed by atoms with Crippen molar-refractivity contribution in [2.24, 2.45) is 5.10 Å². The van der Waals surface area contributed by atoms with Crippen LogP contribution in [0.25, 0.3) is 0 Å². The van der Waals surface area contributed by atoms with Gasteiger partial charge in [0.15, 0.2) is 0 Å². The lowest BCUT2D eigenvalue weighted by Gasteiger charge is -2.31. The first-order valence-electron chi connectivity index (χ1n) is 11.3. The Hall–Kier alpha value is -3.20. The Labute approximate surface area is 192 Å². The molecule has 0 bridgehead atoms. The van der Waals surface area contributed by atoms with Crippen LogP contribution in [0.2, 0.25) is 0 Å². The van der Waals surface area contributed by atoms with E-state index < -0.39 is 0 Å². The molecule has 0 radical (unpaired) electrons. The molecular formula is C25H28N4O4. The summed E-state index contributed by atoms with van der Waals surface area (Å²) in [6.45, 7) is 4.23. The summed E-state index contributed by atoms with van der Waals surface area (Å²) in [7, 11) is 0. The number of hydrogen-bond acceptors (Lipinski definition) is 7. The van der Waals surface area contributed by atoms with Crippen LogP contribution in [0.4, 0.5) is 0 Å². The predicted octanol–water partition coefficient (Wildman–Crippen LogP) is 3.21. The smallest absolute Gasteiger partial charge is 0.257 e. The second-order valence-electron chi connectivity index (χ2n) is 8.25. The zero-order chi connectivity index (χ0) is 22.5. The van der Waals surface area contributed by atoms with Crippen molar-refractivity contribution >= 4 is 11.6 Å². The number of furan rings is 2. The van der Waals surface area contributed by atoms with Crippen LogP contribution in [0.15, 0.2) is 81.1 Å². The molecule has 172 valence electrons. The van der Waals surface area contributed by atoms with E-state index in [1.165, 1.54) is 5.01 Å². The fraction of sp³-hybridized carbons (Fsp3) is 0.360. The highest BCUT2D eigenvalue weighted by atomic mass is 16.5. The molecule has 33 heavy (non-hydrogen) atoms. The molecule has 4 heterocycles. The Kier molecular flexibility index (Phi) is 6.66. The van der Waals surface area contributed by atoms with Gasteiger partial charge in [0.25, 0.3) is 5.91 Å². The largest absolute Gasteiger partial charge is 0.467 e. The Morgan fingerprint density at radius 3 is 2.55 bits per heavy atom. The number of nitrogens with one attached hydrogen (secondary N) is 1. The van der Waals surface area contributed by atoms with E-state index in [4.69, 9.17) is 13.6 Å². The third-order valence-corrected chi connectivity index (χ3v) is 6.09. The molecule has 0 saturated carbocycles. The predicted molar refractivity (Wildman–Crippen MR) is 123 cm³/mol. The highest BCUT2D eigenvalue weighted by molar-refractivity contribution is 6.01. The molecule has 3 aromatic rings. The lowest BCUT2D eigenvalue weighted by atomic mass is 10.1. The highest BCUT2D eigenvalue weighted by Gasteiger charge is 2.35. The molecule has 2 aromatic heterocycles. The summed E-state index contributed by atoms with van der Waals surface area (Å²) in [5, 5.41) is 9.62. The van der Waals surface area contributed by atoms with Gasteiger partial charge in [-0.15, -0.1) is 0 Å². The van der Waals surface area contributed by atoms with E-state index in [9.17, 15) is 4.79 Å². The first-order chi connectivity index (χ1) is 16.3. The van der Waals surface area contributed by atoms with Crippen molar-refractivity contribution < 1.29 is 18.4 Å². The maximum absolute atomic E-state index is 13.3. The van der Waals surface area contributed by atoms with Gasteiger partial charge in [0, 0.05) is 32.1 Å². The van der Waals surface area contributed by atoms with Crippen LogP contribution in [-0.2, 0) is 9.53 Å². The summed E-state index contributed by atoms with van der Waals surface area (Å²) in [4.78, 5) is 15.7. The maximum atomic E-state index is 13.3. The molecule has 2 aliphatic rings. The molecule has 2 unspecified atom stereocenters. The molecule has 1 fully saturated rings. The minimum absolute atomic E-state index is 0.0199. The normalized spacial score (nSPS) is 20.1. The number of ether oxygens (including phenoxy) is 1. The Morgan fingerprint density at radius 2 is 1.82 bits per heavy atom. The summed E-state index contributed by atoms with van der Waals surface area (Å²) in [5.74, 6) is 1.27. The van der Waals surface area contributed by atoms with Gasteiger partial charge in [-0.2, -0.15) is 5.10 Å². The van der Waals surface area contributed by atoms with E-state index in [-0.39, 0.29) is 24.5 Å². The Morgan fingerprint density at radius 1 is 1.03 bits per heavy atom. The van der Waals surface area contributed by atoms with Gasteiger partial charge in [-0.25, -0.2) is 5.01 Å². The third-order valence-electron chi connectivity index (χ3n) is 6.09. The van der Waals surface area contributed by atoms with E-state index in [1.807, 2.05) is 42.5 Å². The fourth-order valence-electron chi connectivity index (χ4n) is 4.34. The first kappa shape index (κ1) is 21.6. The summed E-state index contributed by atoms with van der Waals surface area (Å²) in [6.07, 6.45) is 3.78. The van der Waals surface area contributed by atoms with Crippen LogP contribution in [0, 0.1) is 0 Å². The number of nitrogens with zero attached hydrogens (tertiary/aromatic N) is 3. The first-order valence-corrected chi connectivity index (χ1v) is 11.3. The fourth-order valence-corrected chi connectivity index (χ4v) is 4.34. The summed E-state index contributed by atoms with van der Waals surface area (Å²) in [5.41, 5.74) is 1.89. The van der Waals surface area contributed by atoms with Gasteiger partial charge in [0.05, 0.1) is 32.3 Å². The monoisotopic (exact) mass is 448 g/mol. The van der Waals surface area contributed by atoms with E-state index in [2.05, 4.69) is 27.5 Å².